The van der Waals surface area contributed by atoms with Crippen molar-refractivity contribution < 1.29 is 22.7 Å². The zero-order valence-electron chi connectivity index (χ0n) is 18.0. The number of anilines is 2. The number of aromatic nitrogens is 2. The molecule has 10 heteroatoms. The van der Waals surface area contributed by atoms with Crippen molar-refractivity contribution in [3.05, 3.63) is 73.1 Å². The standard InChI is InChI=1S/C24H22F3N5O2/c1-2-20(33)31-16-11-17(12-16)32-23-21(22(28)29-13-30-23)14-6-8-18(9-7-14)34-19-5-3-4-15(10-19)24(25,26)27/h2-10,13,16-17H,1,11-12H2,(H,31,33)(H3,28,29,30,32)/t16-,17+. The predicted octanol–water partition coefficient (Wildman–Crippen LogP) is 4.78. The number of benzene rings is 2. The molecule has 1 heterocycles. The van der Waals surface area contributed by atoms with Crippen LogP contribution >= 0.6 is 0 Å². The first kappa shape index (κ1) is 23.1. The minimum Gasteiger partial charge on any atom is -0.457 e. The number of nitrogen functional groups attached to an aromatic ring is 1. The van der Waals surface area contributed by atoms with Crippen LogP contribution in [0.25, 0.3) is 11.1 Å². The lowest BCUT2D eigenvalue weighted by Crippen LogP contribution is -2.49. The van der Waals surface area contributed by atoms with Crippen LogP contribution in [0.4, 0.5) is 24.8 Å². The number of nitrogens with two attached hydrogens (primary N) is 1. The highest BCUT2D eigenvalue weighted by molar-refractivity contribution is 5.87. The number of hydrogen-bond donors (Lipinski definition) is 3. The first-order chi connectivity index (χ1) is 16.2. The van der Waals surface area contributed by atoms with Crippen LogP contribution in [0.15, 0.2) is 67.5 Å². The number of carbonyl (C=O) groups is 1. The quantitative estimate of drug-likeness (QED) is 0.431. The highest BCUT2D eigenvalue weighted by Gasteiger charge is 2.31. The fraction of sp³-hybridized carbons (Fsp3) is 0.208. The van der Waals surface area contributed by atoms with E-state index in [9.17, 15) is 18.0 Å². The molecule has 0 aliphatic heterocycles. The second-order valence-corrected chi connectivity index (χ2v) is 7.86. The van der Waals surface area contributed by atoms with E-state index in [1.54, 1.807) is 24.3 Å². The molecule has 1 aromatic heterocycles. The molecule has 1 amide bonds. The largest absolute Gasteiger partial charge is 0.457 e. The Balaban J connectivity index is 1.47. The maximum absolute atomic E-state index is 12.9. The van der Waals surface area contributed by atoms with E-state index < -0.39 is 11.7 Å². The van der Waals surface area contributed by atoms with Gasteiger partial charge in [-0.2, -0.15) is 13.2 Å². The molecule has 0 bridgehead atoms. The van der Waals surface area contributed by atoms with E-state index in [-0.39, 0.29) is 29.6 Å². The Morgan fingerprint density at radius 1 is 1.09 bits per heavy atom. The molecule has 1 saturated carbocycles. The van der Waals surface area contributed by atoms with E-state index in [4.69, 9.17) is 10.5 Å². The van der Waals surface area contributed by atoms with Crippen LogP contribution in [-0.2, 0) is 11.0 Å². The van der Waals surface area contributed by atoms with Gasteiger partial charge in [-0.05, 0) is 54.8 Å². The lowest BCUT2D eigenvalue weighted by Gasteiger charge is -2.36. The van der Waals surface area contributed by atoms with Gasteiger partial charge in [-0.15, -0.1) is 0 Å². The fourth-order valence-electron chi connectivity index (χ4n) is 3.66. The van der Waals surface area contributed by atoms with Crippen LogP contribution in [-0.4, -0.2) is 28.0 Å². The van der Waals surface area contributed by atoms with Gasteiger partial charge < -0.3 is 21.1 Å². The van der Waals surface area contributed by atoms with E-state index in [1.165, 1.54) is 24.5 Å². The van der Waals surface area contributed by atoms with Crippen LogP contribution in [0.2, 0.25) is 0 Å². The Labute approximate surface area is 193 Å². The summed E-state index contributed by atoms with van der Waals surface area (Å²) >= 11 is 0. The van der Waals surface area contributed by atoms with Crippen molar-refractivity contribution in [3.63, 3.8) is 0 Å². The lowest BCUT2D eigenvalue weighted by atomic mass is 9.86. The minimum absolute atomic E-state index is 0.0675. The van der Waals surface area contributed by atoms with Crippen LogP contribution in [0.3, 0.4) is 0 Å². The number of carbonyl (C=O) groups excluding carboxylic acids is 1. The number of ether oxygens (including phenoxy) is 1. The summed E-state index contributed by atoms with van der Waals surface area (Å²) in [5.41, 5.74) is 6.66. The molecule has 3 aromatic rings. The van der Waals surface area contributed by atoms with Crippen molar-refractivity contribution >= 4 is 17.5 Å². The number of nitrogens with zero attached hydrogens (tertiary/aromatic N) is 2. The van der Waals surface area contributed by atoms with Crippen molar-refractivity contribution in [2.75, 3.05) is 11.1 Å². The smallest absolute Gasteiger partial charge is 0.416 e. The van der Waals surface area contributed by atoms with E-state index in [0.29, 0.717) is 22.7 Å². The molecule has 1 aliphatic carbocycles. The first-order valence-electron chi connectivity index (χ1n) is 10.5. The number of nitrogens with one attached hydrogen (secondary N) is 2. The second-order valence-electron chi connectivity index (χ2n) is 7.86. The van der Waals surface area contributed by atoms with Crippen molar-refractivity contribution in [2.24, 2.45) is 0 Å². The molecule has 0 radical (unpaired) electrons. The Morgan fingerprint density at radius 2 is 1.82 bits per heavy atom. The van der Waals surface area contributed by atoms with Gasteiger partial charge in [0.15, 0.2) is 0 Å². The number of halogens is 3. The SMILES string of the molecule is C=CC(=O)N[C@H]1C[C@@H](Nc2ncnc(N)c2-c2ccc(Oc3cccc(C(F)(F)F)c3)cc2)C1. The van der Waals surface area contributed by atoms with Crippen LogP contribution in [0.5, 0.6) is 11.5 Å². The molecule has 176 valence electrons. The summed E-state index contributed by atoms with van der Waals surface area (Å²) in [6.07, 6.45) is -0.388. The molecular weight excluding hydrogens is 447 g/mol. The van der Waals surface area contributed by atoms with Crippen LogP contribution in [0.1, 0.15) is 18.4 Å². The summed E-state index contributed by atoms with van der Waals surface area (Å²) in [5.74, 6) is 1.07. The molecule has 0 spiro atoms. The summed E-state index contributed by atoms with van der Waals surface area (Å²) in [5, 5.41) is 6.18. The Kier molecular flexibility index (Phi) is 6.40. The minimum atomic E-state index is -4.45. The summed E-state index contributed by atoms with van der Waals surface area (Å²) in [6.45, 7) is 3.44. The summed E-state index contributed by atoms with van der Waals surface area (Å²) in [6, 6.07) is 11.6. The Morgan fingerprint density at radius 3 is 2.50 bits per heavy atom. The molecule has 4 rings (SSSR count). The Bertz CT molecular complexity index is 1190. The van der Waals surface area contributed by atoms with Crippen LogP contribution < -0.4 is 21.1 Å². The average Bonchev–Trinajstić information content (AvgIpc) is 2.78. The van der Waals surface area contributed by atoms with Crippen LogP contribution in [0, 0.1) is 0 Å². The van der Waals surface area contributed by atoms with Crippen molar-refractivity contribution in [2.45, 2.75) is 31.1 Å². The summed E-state index contributed by atoms with van der Waals surface area (Å²) in [4.78, 5) is 19.8. The molecule has 2 aromatic carbocycles. The second kappa shape index (κ2) is 9.42. The maximum atomic E-state index is 12.9. The average molecular weight is 469 g/mol. The zero-order valence-corrected chi connectivity index (χ0v) is 18.0. The zero-order chi connectivity index (χ0) is 24.3. The normalized spacial score (nSPS) is 17.4. The maximum Gasteiger partial charge on any atom is 0.416 e. The highest BCUT2D eigenvalue weighted by Crippen LogP contribution is 2.36. The molecule has 1 fully saturated rings. The predicted molar refractivity (Wildman–Crippen MR) is 122 cm³/mol. The number of rotatable bonds is 7. The molecule has 1 aliphatic rings. The van der Waals surface area contributed by atoms with E-state index in [2.05, 4.69) is 27.2 Å². The van der Waals surface area contributed by atoms with Gasteiger partial charge in [0.2, 0.25) is 5.91 Å². The molecule has 7 nitrogen and oxygen atoms in total. The number of amides is 1. The van der Waals surface area contributed by atoms with Gasteiger partial charge in [0, 0.05) is 12.1 Å². The third kappa shape index (κ3) is 5.28. The topological polar surface area (TPSA) is 102 Å². The van der Waals surface area contributed by atoms with Crippen molar-refractivity contribution in [3.8, 4) is 22.6 Å². The lowest BCUT2D eigenvalue weighted by molar-refractivity contribution is -0.137. The molecule has 34 heavy (non-hydrogen) atoms. The third-order valence-electron chi connectivity index (χ3n) is 5.43. The van der Waals surface area contributed by atoms with E-state index in [1.807, 2.05) is 0 Å². The van der Waals surface area contributed by atoms with Gasteiger partial charge in [0.1, 0.15) is 29.5 Å². The van der Waals surface area contributed by atoms with Gasteiger partial charge >= 0.3 is 6.18 Å². The molecular formula is C24H22F3N5O2. The number of hydrogen-bond acceptors (Lipinski definition) is 6. The fourth-order valence-corrected chi connectivity index (χ4v) is 3.66. The Hall–Kier alpha value is -4.08. The number of alkyl halides is 3. The van der Waals surface area contributed by atoms with Gasteiger partial charge in [0.25, 0.3) is 0 Å². The molecule has 4 N–H and O–H groups in total. The van der Waals surface area contributed by atoms with Gasteiger partial charge in [-0.3, -0.25) is 4.79 Å². The third-order valence-corrected chi connectivity index (χ3v) is 5.43. The van der Waals surface area contributed by atoms with Gasteiger partial charge in [-0.1, -0.05) is 24.8 Å². The van der Waals surface area contributed by atoms with Crippen molar-refractivity contribution in [1.29, 1.82) is 0 Å². The van der Waals surface area contributed by atoms with E-state index in [0.717, 1.165) is 25.0 Å². The van der Waals surface area contributed by atoms with E-state index >= 15 is 0 Å². The molecule has 0 atom stereocenters. The van der Waals surface area contributed by atoms with Gasteiger partial charge in [0.05, 0.1) is 11.1 Å². The summed E-state index contributed by atoms with van der Waals surface area (Å²) in [7, 11) is 0. The monoisotopic (exact) mass is 469 g/mol. The molecule has 0 saturated heterocycles. The highest BCUT2D eigenvalue weighted by atomic mass is 19.4. The first-order valence-corrected chi connectivity index (χ1v) is 10.5. The molecule has 0 unspecified atom stereocenters. The van der Waals surface area contributed by atoms with Crippen molar-refractivity contribution in [1.82, 2.24) is 15.3 Å². The van der Waals surface area contributed by atoms with Gasteiger partial charge in [-0.25, -0.2) is 9.97 Å². The summed E-state index contributed by atoms with van der Waals surface area (Å²) < 4.78 is 44.4.